The van der Waals surface area contributed by atoms with E-state index in [0.29, 0.717) is 6.04 Å². The van der Waals surface area contributed by atoms with Crippen LogP contribution in [0.2, 0.25) is 0 Å². The topological polar surface area (TPSA) is 40.7 Å². The second-order valence-corrected chi connectivity index (χ2v) is 3.07. The van der Waals surface area contributed by atoms with Gasteiger partial charge in [0.1, 0.15) is 5.82 Å². The molecular formula is C8H13N3. The van der Waals surface area contributed by atoms with E-state index in [1.165, 1.54) is 18.5 Å². The Hall–Kier alpha value is -0.830. The van der Waals surface area contributed by atoms with Crippen molar-refractivity contribution in [2.75, 3.05) is 6.54 Å². The second-order valence-electron chi connectivity index (χ2n) is 3.07. The van der Waals surface area contributed by atoms with E-state index in [2.05, 4.69) is 15.3 Å². The van der Waals surface area contributed by atoms with Crippen LogP contribution in [-0.2, 0) is 0 Å². The maximum absolute atomic E-state index is 4.17. The first-order valence-corrected chi connectivity index (χ1v) is 4.11. The Labute approximate surface area is 66.2 Å². The van der Waals surface area contributed by atoms with Crippen molar-refractivity contribution >= 4 is 0 Å². The number of nitrogens with one attached hydrogen (secondary N) is 2. The Morgan fingerprint density at radius 1 is 1.64 bits per heavy atom. The molecule has 0 bridgehead atoms. The van der Waals surface area contributed by atoms with Gasteiger partial charge < -0.3 is 10.3 Å². The highest BCUT2D eigenvalue weighted by molar-refractivity contribution is 5.07. The molecule has 11 heavy (non-hydrogen) atoms. The van der Waals surface area contributed by atoms with Gasteiger partial charge in [-0.05, 0) is 26.3 Å². The molecule has 0 radical (unpaired) electrons. The minimum absolute atomic E-state index is 0.524. The van der Waals surface area contributed by atoms with Crippen LogP contribution in [0.1, 0.15) is 30.4 Å². The van der Waals surface area contributed by atoms with E-state index in [1.54, 1.807) is 0 Å². The molecule has 0 unspecified atom stereocenters. The summed E-state index contributed by atoms with van der Waals surface area (Å²) in [5.74, 6) is 1.01. The molecule has 3 heteroatoms. The smallest absolute Gasteiger partial charge is 0.103 e. The van der Waals surface area contributed by atoms with Gasteiger partial charge in [0, 0.05) is 12.2 Å². The quantitative estimate of drug-likeness (QED) is 0.632. The van der Waals surface area contributed by atoms with E-state index in [9.17, 15) is 0 Å². The van der Waals surface area contributed by atoms with Gasteiger partial charge in [0.2, 0.25) is 0 Å². The molecule has 3 nitrogen and oxygen atoms in total. The Kier molecular flexibility index (Phi) is 1.66. The van der Waals surface area contributed by atoms with E-state index >= 15 is 0 Å². The van der Waals surface area contributed by atoms with Gasteiger partial charge in [-0.3, -0.25) is 0 Å². The van der Waals surface area contributed by atoms with Crippen LogP contribution in [0, 0.1) is 6.92 Å². The summed E-state index contributed by atoms with van der Waals surface area (Å²) in [6.45, 7) is 3.13. The summed E-state index contributed by atoms with van der Waals surface area (Å²) in [5, 5.41) is 3.41. The molecule has 0 amide bonds. The molecule has 1 atom stereocenters. The highest BCUT2D eigenvalue weighted by atomic mass is 15.0. The summed E-state index contributed by atoms with van der Waals surface area (Å²) < 4.78 is 0. The summed E-state index contributed by atoms with van der Waals surface area (Å²) in [7, 11) is 0. The Balaban J connectivity index is 2.15. The van der Waals surface area contributed by atoms with Crippen LogP contribution in [0.25, 0.3) is 0 Å². The van der Waals surface area contributed by atoms with E-state index in [-0.39, 0.29) is 0 Å². The van der Waals surface area contributed by atoms with Gasteiger partial charge in [-0.1, -0.05) is 0 Å². The van der Waals surface area contributed by atoms with Crippen LogP contribution in [0.15, 0.2) is 6.20 Å². The highest BCUT2D eigenvalue weighted by Gasteiger charge is 2.17. The largest absolute Gasteiger partial charge is 0.345 e. The van der Waals surface area contributed by atoms with Gasteiger partial charge >= 0.3 is 0 Å². The van der Waals surface area contributed by atoms with Crippen LogP contribution in [0.4, 0.5) is 0 Å². The summed E-state index contributed by atoms with van der Waals surface area (Å²) in [5.41, 5.74) is 1.24. The van der Waals surface area contributed by atoms with Crippen LogP contribution >= 0.6 is 0 Å². The molecule has 0 saturated carbocycles. The van der Waals surface area contributed by atoms with Crippen molar-refractivity contribution in [3.8, 4) is 0 Å². The standard InChI is InChI=1S/C8H13N3/c1-6-10-5-8(11-6)7-3-2-4-9-7/h5,7,9H,2-4H2,1H3,(H,10,11)/t7-/m0/s1. The minimum atomic E-state index is 0.524. The first-order chi connectivity index (χ1) is 5.36. The maximum Gasteiger partial charge on any atom is 0.103 e. The summed E-state index contributed by atoms with van der Waals surface area (Å²) in [6.07, 6.45) is 4.45. The minimum Gasteiger partial charge on any atom is -0.345 e. The lowest BCUT2D eigenvalue weighted by Crippen LogP contribution is -2.12. The molecule has 60 valence electrons. The van der Waals surface area contributed by atoms with Crippen LogP contribution in [0.5, 0.6) is 0 Å². The Morgan fingerprint density at radius 3 is 3.09 bits per heavy atom. The summed E-state index contributed by atoms with van der Waals surface area (Å²) >= 11 is 0. The zero-order valence-corrected chi connectivity index (χ0v) is 6.72. The highest BCUT2D eigenvalue weighted by Crippen LogP contribution is 2.20. The first-order valence-electron chi connectivity index (χ1n) is 4.11. The Morgan fingerprint density at radius 2 is 2.55 bits per heavy atom. The second kappa shape index (κ2) is 2.66. The third kappa shape index (κ3) is 1.28. The number of H-pyrrole nitrogens is 1. The third-order valence-corrected chi connectivity index (χ3v) is 2.16. The number of aryl methyl sites for hydroxylation is 1. The van der Waals surface area contributed by atoms with Gasteiger partial charge in [-0.25, -0.2) is 4.98 Å². The fourth-order valence-electron chi connectivity index (χ4n) is 1.57. The van der Waals surface area contributed by atoms with Crippen molar-refractivity contribution in [2.24, 2.45) is 0 Å². The van der Waals surface area contributed by atoms with E-state index in [1.807, 2.05) is 13.1 Å². The normalized spacial score (nSPS) is 24.3. The fraction of sp³-hybridized carbons (Fsp3) is 0.625. The molecule has 2 rings (SSSR count). The van der Waals surface area contributed by atoms with Crippen LogP contribution < -0.4 is 5.32 Å². The van der Waals surface area contributed by atoms with Crippen molar-refractivity contribution in [2.45, 2.75) is 25.8 Å². The zero-order chi connectivity index (χ0) is 7.68. The van der Waals surface area contributed by atoms with Crippen LogP contribution in [-0.4, -0.2) is 16.5 Å². The number of nitrogens with zero attached hydrogens (tertiary/aromatic N) is 1. The molecule has 1 fully saturated rings. The lowest BCUT2D eigenvalue weighted by Gasteiger charge is -2.05. The molecule has 0 aromatic carbocycles. The molecule has 0 aliphatic carbocycles. The molecule has 1 saturated heterocycles. The lowest BCUT2D eigenvalue weighted by molar-refractivity contribution is 0.630. The number of hydrogen-bond acceptors (Lipinski definition) is 2. The predicted molar refractivity (Wildman–Crippen MR) is 43.3 cm³/mol. The van der Waals surface area contributed by atoms with Gasteiger partial charge in [0.05, 0.1) is 5.69 Å². The number of hydrogen-bond donors (Lipinski definition) is 2. The maximum atomic E-state index is 4.17. The average Bonchev–Trinajstić information content (AvgIpc) is 2.55. The zero-order valence-electron chi connectivity index (χ0n) is 6.72. The van der Waals surface area contributed by atoms with E-state index in [4.69, 9.17) is 0 Å². The first kappa shape index (κ1) is 6.85. The van der Waals surface area contributed by atoms with E-state index < -0.39 is 0 Å². The molecule has 1 aromatic rings. The molecule has 1 aliphatic heterocycles. The van der Waals surface area contributed by atoms with Gasteiger partial charge in [0.25, 0.3) is 0 Å². The van der Waals surface area contributed by atoms with Gasteiger partial charge in [0.15, 0.2) is 0 Å². The van der Waals surface area contributed by atoms with E-state index in [0.717, 1.165) is 12.4 Å². The van der Waals surface area contributed by atoms with Crippen molar-refractivity contribution in [3.05, 3.63) is 17.7 Å². The van der Waals surface area contributed by atoms with Gasteiger partial charge in [-0.2, -0.15) is 0 Å². The summed E-state index contributed by atoms with van der Waals surface area (Å²) in [6, 6.07) is 0.524. The van der Waals surface area contributed by atoms with Crippen molar-refractivity contribution in [1.29, 1.82) is 0 Å². The average molecular weight is 151 g/mol. The third-order valence-electron chi connectivity index (χ3n) is 2.16. The Bertz CT molecular complexity index is 235. The van der Waals surface area contributed by atoms with Crippen molar-refractivity contribution in [3.63, 3.8) is 0 Å². The van der Waals surface area contributed by atoms with Gasteiger partial charge in [-0.15, -0.1) is 0 Å². The van der Waals surface area contributed by atoms with Crippen molar-refractivity contribution in [1.82, 2.24) is 15.3 Å². The number of aromatic amines is 1. The van der Waals surface area contributed by atoms with Crippen molar-refractivity contribution < 1.29 is 0 Å². The lowest BCUT2D eigenvalue weighted by atomic mass is 10.2. The number of aromatic nitrogens is 2. The fourth-order valence-corrected chi connectivity index (χ4v) is 1.57. The van der Waals surface area contributed by atoms with Crippen LogP contribution in [0.3, 0.4) is 0 Å². The molecule has 1 aromatic heterocycles. The molecule has 2 N–H and O–H groups in total. The number of imidazole rings is 1. The summed E-state index contributed by atoms with van der Waals surface area (Å²) in [4.78, 5) is 7.41. The monoisotopic (exact) mass is 151 g/mol. The molecule has 2 heterocycles. The number of rotatable bonds is 1. The molecule has 0 spiro atoms. The molecular weight excluding hydrogens is 138 g/mol. The predicted octanol–water partition coefficient (Wildman–Crippen LogP) is 1.14. The molecule has 1 aliphatic rings. The SMILES string of the molecule is Cc1ncc([C@@H]2CCCN2)[nH]1.